The minimum absolute atomic E-state index is 0.00870. The quantitative estimate of drug-likeness (QED) is 0.858. The molecule has 0 radical (unpaired) electrons. The Labute approximate surface area is 119 Å². The molecule has 0 atom stereocenters. The Hall–Kier alpha value is -1.22. The smallest absolute Gasteiger partial charge is 0.256 e. The van der Waals surface area contributed by atoms with Crippen molar-refractivity contribution in [2.24, 2.45) is 0 Å². The minimum atomic E-state index is 0.00870. The maximum atomic E-state index is 12.6. The van der Waals surface area contributed by atoms with Crippen molar-refractivity contribution in [3.63, 3.8) is 0 Å². The lowest BCUT2D eigenvalue weighted by atomic mass is 9.93. The van der Waals surface area contributed by atoms with Crippen molar-refractivity contribution in [1.29, 1.82) is 0 Å². The maximum absolute atomic E-state index is 12.6. The van der Waals surface area contributed by atoms with Gasteiger partial charge in [-0.2, -0.15) is 0 Å². The van der Waals surface area contributed by atoms with Crippen LogP contribution in [-0.2, 0) is 0 Å². The van der Waals surface area contributed by atoms with Crippen LogP contribution in [-0.4, -0.2) is 23.4 Å². The zero-order chi connectivity index (χ0) is 13.8. The Bertz CT molecular complexity index is 455. The number of halogens is 1. The fourth-order valence-electron chi connectivity index (χ4n) is 2.83. The predicted molar refractivity (Wildman–Crippen MR) is 79.4 cm³/mol. The molecule has 3 nitrogen and oxygen atoms in total. The molecule has 1 fully saturated rings. The summed E-state index contributed by atoms with van der Waals surface area (Å²) in [4.78, 5) is 14.6. The van der Waals surface area contributed by atoms with Crippen LogP contribution in [0, 0.1) is 0 Å². The first kappa shape index (κ1) is 14.2. The number of amides is 1. The van der Waals surface area contributed by atoms with Gasteiger partial charge in [-0.15, -0.1) is 0 Å². The number of benzene rings is 1. The molecule has 104 valence electrons. The number of anilines is 1. The van der Waals surface area contributed by atoms with E-state index in [9.17, 15) is 4.79 Å². The summed E-state index contributed by atoms with van der Waals surface area (Å²) in [5.74, 6) is 0.00870. The van der Waals surface area contributed by atoms with Gasteiger partial charge in [0.1, 0.15) is 0 Å². The molecular weight excluding hydrogens is 260 g/mol. The number of nitrogens with zero attached hydrogens (tertiary/aromatic N) is 1. The van der Waals surface area contributed by atoms with Gasteiger partial charge in [0.05, 0.1) is 5.56 Å². The second-order valence-corrected chi connectivity index (χ2v) is 5.55. The fourth-order valence-corrected chi connectivity index (χ4v) is 3.00. The van der Waals surface area contributed by atoms with E-state index in [1.165, 1.54) is 19.3 Å². The largest absolute Gasteiger partial charge is 0.398 e. The molecule has 0 saturated heterocycles. The molecule has 2 N–H and O–H groups in total. The van der Waals surface area contributed by atoms with Crippen LogP contribution in [0.25, 0.3) is 0 Å². The summed E-state index contributed by atoms with van der Waals surface area (Å²) in [6.45, 7) is 2.74. The number of nitrogens with two attached hydrogens (primary N) is 1. The van der Waals surface area contributed by atoms with Crippen molar-refractivity contribution in [3.05, 3.63) is 28.8 Å². The highest BCUT2D eigenvalue weighted by Gasteiger charge is 2.26. The Kier molecular flexibility index (Phi) is 4.70. The summed E-state index contributed by atoms with van der Waals surface area (Å²) in [5, 5.41) is 0.553. The van der Waals surface area contributed by atoms with E-state index in [1.807, 2.05) is 11.8 Å². The van der Waals surface area contributed by atoms with Crippen LogP contribution < -0.4 is 5.73 Å². The molecule has 1 aliphatic carbocycles. The van der Waals surface area contributed by atoms with E-state index < -0.39 is 0 Å². The molecule has 1 saturated carbocycles. The zero-order valence-electron chi connectivity index (χ0n) is 11.4. The third-order valence-electron chi connectivity index (χ3n) is 3.86. The molecule has 0 heterocycles. The molecule has 1 aromatic carbocycles. The lowest BCUT2D eigenvalue weighted by molar-refractivity contribution is 0.0649. The van der Waals surface area contributed by atoms with Gasteiger partial charge >= 0.3 is 0 Å². The van der Waals surface area contributed by atoms with E-state index in [2.05, 4.69) is 0 Å². The topological polar surface area (TPSA) is 46.3 Å². The van der Waals surface area contributed by atoms with E-state index in [-0.39, 0.29) is 5.91 Å². The van der Waals surface area contributed by atoms with E-state index in [0.717, 1.165) is 19.4 Å². The molecule has 2 rings (SSSR count). The molecule has 4 heteroatoms. The van der Waals surface area contributed by atoms with E-state index in [0.29, 0.717) is 22.3 Å². The first-order valence-electron chi connectivity index (χ1n) is 6.99. The maximum Gasteiger partial charge on any atom is 0.256 e. The summed E-state index contributed by atoms with van der Waals surface area (Å²) in [5.41, 5.74) is 6.94. The Morgan fingerprint density at radius 2 is 2.05 bits per heavy atom. The highest BCUT2D eigenvalue weighted by Crippen LogP contribution is 2.26. The lowest BCUT2D eigenvalue weighted by Gasteiger charge is -2.34. The second kappa shape index (κ2) is 6.29. The number of hydrogen-bond donors (Lipinski definition) is 1. The van der Waals surface area contributed by atoms with E-state index >= 15 is 0 Å². The summed E-state index contributed by atoms with van der Waals surface area (Å²) in [6.07, 6.45) is 5.89. The molecule has 0 unspecified atom stereocenters. The van der Waals surface area contributed by atoms with Crippen LogP contribution in [0.1, 0.15) is 49.4 Å². The molecule has 1 aromatic rings. The number of rotatable bonds is 3. The van der Waals surface area contributed by atoms with E-state index in [4.69, 9.17) is 17.3 Å². The number of hydrogen-bond acceptors (Lipinski definition) is 2. The Balaban J connectivity index is 2.22. The molecule has 0 bridgehead atoms. The fraction of sp³-hybridized carbons (Fsp3) is 0.533. The van der Waals surface area contributed by atoms with Crippen molar-refractivity contribution < 1.29 is 4.79 Å². The van der Waals surface area contributed by atoms with Crippen molar-refractivity contribution in [2.75, 3.05) is 12.3 Å². The molecular formula is C15H21ClN2O. The van der Waals surface area contributed by atoms with Crippen molar-refractivity contribution >= 4 is 23.2 Å². The first-order valence-corrected chi connectivity index (χ1v) is 7.37. The SMILES string of the molecule is CCN(C(=O)c1cc(Cl)ccc1N)C1CCCCC1. The molecule has 0 spiro atoms. The molecule has 0 aliphatic heterocycles. The van der Waals surface area contributed by atoms with Crippen LogP contribution >= 0.6 is 11.6 Å². The third-order valence-corrected chi connectivity index (χ3v) is 4.10. The highest BCUT2D eigenvalue weighted by atomic mass is 35.5. The lowest BCUT2D eigenvalue weighted by Crippen LogP contribution is -2.41. The average Bonchev–Trinajstić information content (AvgIpc) is 2.43. The summed E-state index contributed by atoms with van der Waals surface area (Å²) >= 11 is 5.97. The van der Waals surface area contributed by atoms with Crippen molar-refractivity contribution in [2.45, 2.75) is 45.1 Å². The second-order valence-electron chi connectivity index (χ2n) is 5.11. The van der Waals surface area contributed by atoms with Gasteiger partial charge in [0.25, 0.3) is 5.91 Å². The van der Waals surface area contributed by atoms with Gasteiger partial charge in [0.2, 0.25) is 0 Å². The average molecular weight is 281 g/mol. The summed E-state index contributed by atoms with van der Waals surface area (Å²) in [7, 11) is 0. The minimum Gasteiger partial charge on any atom is -0.398 e. The number of carbonyl (C=O) groups is 1. The van der Waals surface area contributed by atoms with Crippen LogP contribution in [0.3, 0.4) is 0 Å². The molecule has 1 aliphatic rings. The number of carbonyl (C=O) groups excluding carboxylic acids is 1. The highest BCUT2D eigenvalue weighted by molar-refractivity contribution is 6.31. The van der Waals surface area contributed by atoms with Gasteiger partial charge in [0, 0.05) is 23.3 Å². The van der Waals surface area contributed by atoms with Crippen LogP contribution in [0.2, 0.25) is 5.02 Å². The van der Waals surface area contributed by atoms with Gasteiger partial charge < -0.3 is 10.6 Å². The standard InChI is InChI=1S/C15H21ClN2O/c1-2-18(12-6-4-3-5-7-12)15(19)13-10-11(16)8-9-14(13)17/h8-10,12H,2-7,17H2,1H3. The summed E-state index contributed by atoms with van der Waals surface area (Å²) < 4.78 is 0. The molecule has 0 aromatic heterocycles. The monoisotopic (exact) mass is 280 g/mol. The van der Waals surface area contributed by atoms with Gasteiger partial charge in [-0.25, -0.2) is 0 Å². The molecule has 1 amide bonds. The van der Waals surface area contributed by atoms with Gasteiger partial charge in [-0.1, -0.05) is 30.9 Å². The van der Waals surface area contributed by atoms with Gasteiger partial charge in [0.15, 0.2) is 0 Å². The Morgan fingerprint density at radius 3 is 2.68 bits per heavy atom. The zero-order valence-corrected chi connectivity index (χ0v) is 12.1. The van der Waals surface area contributed by atoms with Gasteiger partial charge in [-0.3, -0.25) is 4.79 Å². The van der Waals surface area contributed by atoms with Crippen LogP contribution in [0.15, 0.2) is 18.2 Å². The summed E-state index contributed by atoms with van der Waals surface area (Å²) in [6, 6.07) is 5.43. The van der Waals surface area contributed by atoms with Crippen LogP contribution in [0.5, 0.6) is 0 Å². The Morgan fingerprint density at radius 1 is 1.37 bits per heavy atom. The normalized spacial score (nSPS) is 16.3. The van der Waals surface area contributed by atoms with Crippen LogP contribution in [0.4, 0.5) is 5.69 Å². The predicted octanol–water partition coefficient (Wildman–Crippen LogP) is 3.72. The van der Waals surface area contributed by atoms with Crippen molar-refractivity contribution in [3.8, 4) is 0 Å². The first-order chi connectivity index (χ1) is 9.13. The van der Waals surface area contributed by atoms with Gasteiger partial charge in [-0.05, 0) is 38.0 Å². The third kappa shape index (κ3) is 3.21. The number of nitrogen functional groups attached to an aromatic ring is 1. The van der Waals surface area contributed by atoms with E-state index in [1.54, 1.807) is 18.2 Å². The molecule has 19 heavy (non-hydrogen) atoms. The van der Waals surface area contributed by atoms with Crippen molar-refractivity contribution in [1.82, 2.24) is 4.90 Å².